The lowest BCUT2D eigenvalue weighted by atomic mass is 10.1. The Balaban J connectivity index is 1.59. The minimum absolute atomic E-state index is 0.257. The number of nitrogens with zero attached hydrogens (tertiary/aromatic N) is 1. The lowest BCUT2D eigenvalue weighted by Crippen LogP contribution is -2.30. The lowest BCUT2D eigenvalue weighted by molar-refractivity contribution is -0.113. The maximum atomic E-state index is 13.3. The molecular weight excluding hydrogens is 484 g/mol. The molecule has 0 radical (unpaired) electrons. The summed E-state index contributed by atoms with van der Waals surface area (Å²) in [6.45, 7) is 4.60. The van der Waals surface area contributed by atoms with E-state index in [1.807, 2.05) is 62.4 Å². The molecule has 6 nitrogen and oxygen atoms in total. The molecule has 3 aromatic carbocycles. The van der Waals surface area contributed by atoms with Crippen molar-refractivity contribution < 1.29 is 19.0 Å². The van der Waals surface area contributed by atoms with E-state index in [9.17, 15) is 4.79 Å². The number of para-hydroxylation sites is 2. The summed E-state index contributed by atoms with van der Waals surface area (Å²) < 4.78 is 17.2. The van der Waals surface area contributed by atoms with Crippen molar-refractivity contribution in [3.05, 3.63) is 88.1 Å². The van der Waals surface area contributed by atoms with E-state index in [0.29, 0.717) is 39.6 Å². The largest absolute Gasteiger partial charge is 0.496 e. The van der Waals surface area contributed by atoms with E-state index in [1.165, 1.54) is 4.90 Å². The van der Waals surface area contributed by atoms with Crippen molar-refractivity contribution in [2.75, 3.05) is 18.6 Å². The molecular formula is C27H25ClN2O4S. The number of carbonyl (C=O) groups is 1. The zero-order chi connectivity index (χ0) is 24.9. The molecule has 0 aliphatic carbocycles. The molecule has 1 fully saturated rings. The molecule has 4 rings (SSSR count). The summed E-state index contributed by atoms with van der Waals surface area (Å²) in [5.41, 5.74) is 3.55. The molecule has 1 aliphatic heterocycles. The van der Waals surface area contributed by atoms with Crippen LogP contribution in [0.5, 0.6) is 17.2 Å². The molecule has 8 heteroatoms. The van der Waals surface area contributed by atoms with Crippen LogP contribution in [0.2, 0.25) is 5.02 Å². The molecule has 1 heterocycles. The van der Waals surface area contributed by atoms with Crippen molar-refractivity contribution >= 4 is 46.6 Å². The Hall–Kier alpha value is -3.55. The minimum atomic E-state index is -0.257. The Morgan fingerprint density at radius 3 is 2.54 bits per heavy atom. The number of anilines is 1. The first-order valence-corrected chi connectivity index (χ1v) is 11.8. The molecule has 1 saturated heterocycles. The second kappa shape index (κ2) is 10.8. The SMILES string of the molecule is CCOc1ccccc1N1C(=O)/C(=C\c2ccc(OC)c(COc3ccc(Cl)cc3C)c2)NC1=S. The molecule has 0 unspecified atom stereocenters. The maximum absolute atomic E-state index is 13.3. The standard InChI is InChI=1S/C27H25ClN2O4S/c1-4-33-25-8-6-5-7-22(25)30-26(31)21(29-27(30)35)15-18-9-11-24(32-3)19(14-18)16-34-23-12-10-20(28)13-17(23)2/h5-15H,4,16H2,1-3H3,(H,29,35)/b21-15+. The fraction of sp³-hybridized carbons (Fsp3) is 0.185. The maximum Gasteiger partial charge on any atom is 0.281 e. The zero-order valence-corrected chi connectivity index (χ0v) is 21.2. The fourth-order valence-electron chi connectivity index (χ4n) is 3.77. The average Bonchev–Trinajstić information content (AvgIpc) is 3.11. The van der Waals surface area contributed by atoms with E-state index in [1.54, 1.807) is 25.3 Å². The predicted octanol–water partition coefficient (Wildman–Crippen LogP) is 5.90. The quantitative estimate of drug-likeness (QED) is 0.302. The van der Waals surface area contributed by atoms with Gasteiger partial charge in [-0.3, -0.25) is 4.79 Å². The molecule has 0 atom stereocenters. The third kappa shape index (κ3) is 5.42. The molecule has 0 aromatic heterocycles. The van der Waals surface area contributed by atoms with Gasteiger partial charge in [0.2, 0.25) is 0 Å². The van der Waals surface area contributed by atoms with Crippen LogP contribution < -0.4 is 24.4 Å². The highest BCUT2D eigenvalue weighted by Gasteiger charge is 2.33. The first-order valence-electron chi connectivity index (χ1n) is 11.1. The number of nitrogens with one attached hydrogen (secondary N) is 1. The third-order valence-electron chi connectivity index (χ3n) is 5.42. The first-order chi connectivity index (χ1) is 16.9. The van der Waals surface area contributed by atoms with Crippen LogP contribution in [0.1, 0.15) is 23.6 Å². The molecule has 35 heavy (non-hydrogen) atoms. The molecule has 0 spiro atoms. The van der Waals surface area contributed by atoms with Crippen LogP contribution in [0.3, 0.4) is 0 Å². The van der Waals surface area contributed by atoms with Crippen molar-refractivity contribution in [1.82, 2.24) is 5.32 Å². The number of hydrogen-bond acceptors (Lipinski definition) is 5. The van der Waals surface area contributed by atoms with E-state index in [0.717, 1.165) is 22.4 Å². The van der Waals surface area contributed by atoms with Crippen LogP contribution in [0, 0.1) is 6.92 Å². The van der Waals surface area contributed by atoms with Crippen molar-refractivity contribution in [1.29, 1.82) is 0 Å². The van der Waals surface area contributed by atoms with Crippen molar-refractivity contribution in [3.63, 3.8) is 0 Å². The van der Waals surface area contributed by atoms with Gasteiger partial charge in [-0.25, -0.2) is 4.90 Å². The van der Waals surface area contributed by atoms with Crippen LogP contribution in [-0.4, -0.2) is 24.7 Å². The molecule has 1 amide bonds. The van der Waals surface area contributed by atoms with E-state index >= 15 is 0 Å². The van der Waals surface area contributed by atoms with Gasteiger partial charge in [0.05, 0.1) is 19.4 Å². The molecule has 0 bridgehead atoms. The van der Waals surface area contributed by atoms with E-state index < -0.39 is 0 Å². The van der Waals surface area contributed by atoms with Crippen molar-refractivity contribution in [2.45, 2.75) is 20.5 Å². The number of thiocarbonyl (C=S) groups is 1. The molecule has 1 aliphatic rings. The van der Waals surface area contributed by atoms with Crippen LogP contribution in [-0.2, 0) is 11.4 Å². The summed E-state index contributed by atoms with van der Waals surface area (Å²) in [6.07, 6.45) is 1.76. The second-order valence-electron chi connectivity index (χ2n) is 7.80. The Morgan fingerprint density at radius 2 is 1.80 bits per heavy atom. The number of carbonyl (C=O) groups excluding carboxylic acids is 1. The van der Waals surface area contributed by atoms with Gasteiger partial charge in [-0.05, 0) is 85.7 Å². The molecule has 1 N–H and O–H groups in total. The van der Waals surface area contributed by atoms with Gasteiger partial charge in [0.25, 0.3) is 5.91 Å². The normalized spacial score (nSPS) is 14.3. The monoisotopic (exact) mass is 508 g/mol. The lowest BCUT2D eigenvalue weighted by Gasteiger charge is -2.18. The van der Waals surface area contributed by atoms with Gasteiger partial charge < -0.3 is 19.5 Å². The number of methoxy groups -OCH3 is 1. The predicted molar refractivity (Wildman–Crippen MR) is 142 cm³/mol. The fourth-order valence-corrected chi connectivity index (χ4v) is 4.29. The molecule has 3 aromatic rings. The molecule has 0 saturated carbocycles. The smallest absolute Gasteiger partial charge is 0.281 e. The summed E-state index contributed by atoms with van der Waals surface area (Å²) in [7, 11) is 1.61. The van der Waals surface area contributed by atoms with Crippen LogP contribution in [0.25, 0.3) is 6.08 Å². The van der Waals surface area contributed by atoms with Gasteiger partial charge in [-0.15, -0.1) is 0 Å². The summed E-state index contributed by atoms with van der Waals surface area (Å²) in [5, 5.41) is 3.98. The summed E-state index contributed by atoms with van der Waals surface area (Å²) >= 11 is 11.5. The Morgan fingerprint density at radius 1 is 1.03 bits per heavy atom. The number of benzene rings is 3. The topological polar surface area (TPSA) is 60.0 Å². The van der Waals surface area contributed by atoms with Gasteiger partial charge >= 0.3 is 0 Å². The number of aryl methyl sites for hydroxylation is 1. The van der Waals surface area contributed by atoms with Crippen molar-refractivity contribution in [2.24, 2.45) is 0 Å². The van der Waals surface area contributed by atoms with E-state index in [-0.39, 0.29) is 12.5 Å². The molecule has 180 valence electrons. The zero-order valence-electron chi connectivity index (χ0n) is 19.6. The highest BCUT2D eigenvalue weighted by molar-refractivity contribution is 7.80. The van der Waals surface area contributed by atoms with Gasteiger partial charge in [0, 0.05) is 10.6 Å². The Kier molecular flexibility index (Phi) is 7.58. The number of rotatable bonds is 8. The average molecular weight is 509 g/mol. The van der Waals surface area contributed by atoms with E-state index in [4.69, 9.17) is 38.0 Å². The van der Waals surface area contributed by atoms with Gasteiger partial charge in [0.15, 0.2) is 5.11 Å². The van der Waals surface area contributed by atoms with Gasteiger partial charge in [-0.1, -0.05) is 29.8 Å². The number of halogens is 1. The summed E-state index contributed by atoms with van der Waals surface area (Å²) in [5.74, 6) is 1.76. The van der Waals surface area contributed by atoms with Crippen molar-refractivity contribution in [3.8, 4) is 17.2 Å². The van der Waals surface area contributed by atoms with Gasteiger partial charge in [0.1, 0.15) is 29.6 Å². The number of ether oxygens (including phenoxy) is 3. The second-order valence-corrected chi connectivity index (χ2v) is 8.62. The van der Waals surface area contributed by atoms with Crippen LogP contribution >= 0.6 is 23.8 Å². The summed E-state index contributed by atoms with van der Waals surface area (Å²) in [4.78, 5) is 14.7. The van der Waals surface area contributed by atoms with Crippen LogP contribution in [0.4, 0.5) is 5.69 Å². The first kappa shape index (κ1) is 24.6. The highest BCUT2D eigenvalue weighted by atomic mass is 35.5. The summed E-state index contributed by atoms with van der Waals surface area (Å²) in [6, 6.07) is 18.4. The van der Waals surface area contributed by atoms with E-state index in [2.05, 4.69) is 5.32 Å². The van der Waals surface area contributed by atoms with Gasteiger partial charge in [-0.2, -0.15) is 0 Å². The number of hydrogen-bond donors (Lipinski definition) is 1. The van der Waals surface area contributed by atoms with Crippen LogP contribution in [0.15, 0.2) is 66.4 Å². The Labute approximate surface area is 215 Å². The highest BCUT2D eigenvalue weighted by Crippen LogP contribution is 2.32. The third-order valence-corrected chi connectivity index (χ3v) is 5.94. The minimum Gasteiger partial charge on any atom is -0.496 e. The Bertz CT molecular complexity index is 1310. The number of amides is 1.